The second-order valence-corrected chi connectivity index (χ2v) is 11.6. The highest BCUT2D eigenvalue weighted by atomic mass is 35.5. The summed E-state index contributed by atoms with van der Waals surface area (Å²) in [6, 6.07) is 14.4. The summed E-state index contributed by atoms with van der Waals surface area (Å²) < 4.78 is 27.2. The number of para-hydroxylation sites is 1. The number of rotatable bonds is 7. The molecule has 0 bridgehead atoms. The Morgan fingerprint density at radius 1 is 1.23 bits per heavy atom. The molecule has 206 valence electrons. The Kier molecular flexibility index (Phi) is 6.68. The molecule has 1 atom stereocenters. The van der Waals surface area contributed by atoms with Crippen LogP contribution in [0, 0.1) is 22.6 Å². The van der Waals surface area contributed by atoms with Gasteiger partial charge in [-0.2, -0.15) is 5.26 Å². The highest BCUT2D eigenvalue weighted by molar-refractivity contribution is 6.30. The van der Waals surface area contributed by atoms with E-state index in [2.05, 4.69) is 16.0 Å². The summed E-state index contributed by atoms with van der Waals surface area (Å²) in [5, 5.41) is 19.4. The number of benzene rings is 2. The molecule has 0 radical (unpaired) electrons. The van der Waals surface area contributed by atoms with Gasteiger partial charge in [-0.3, -0.25) is 9.88 Å². The van der Waals surface area contributed by atoms with Crippen molar-refractivity contribution in [2.75, 3.05) is 13.1 Å². The Hall–Kier alpha value is -3.67. The Balaban J connectivity index is 1.16. The van der Waals surface area contributed by atoms with Crippen LogP contribution in [-0.2, 0) is 18.8 Å². The fourth-order valence-corrected chi connectivity index (χ4v) is 6.00. The maximum absolute atomic E-state index is 14.8. The van der Waals surface area contributed by atoms with Crippen LogP contribution >= 0.6 is 11.6 Å². The average Bonchev–Trinajstić information content (AvgIpc) is 3.61. The van der Waals surface area contributed by atoms with Crippen molar-refractivity contribution in [3.8, 4) is 17.6 Å². The van der Waals surface area contributed by atoms with Crippen LogP contribution in [-0.4, -0.2) is 34.0 Å². The van der Waals surface area contributed by atoms with Gasteiger partial charge in [0.1, 0.15) is 5.82 Å². The molecule has 2 fully saturated rings. The highest BCUT2D eigenvalue weighted by Gasteiger charge is 2.44. The second kappa shape index (κ2) is 10.1. The first-order valence-corrected chi connectivity index (χ1v) is 13.9. The molecule has 2 aromatic carbocycles. The maximum Gasteiger partial charge on any atom is 0.337 e. The van der Waals surface area contributed by atoms with Crippen LogP contribution in [0.25, 0.3) is 0 Å². The topological polar surface area (TPSA) is 95.7 Å². The molecule has 6 rings (SSSR count). The van der Waals surface area contributed by atoms with Crippen LogP contribution in [0.1, 0.15) is 71.3 Å². The molecule has 7 nitrogen and oxygen atoms in total. The summed E-state index contributed by atoms with van der Waals surface area (Å²) in [4.78, 5) is 18.4. The maximum atomic E-state index is 14.8. The van der Waals surface area contributed by atoms with Crippen molar-refractivity contribution >= 4 is 17.6 Å². The van der Waals surface area contributed by atoms with E-state index in [-0.39, 0.29) is 22.5 Å². The minimum absolute atomic E-state index is 0.150. The van der Waals surface area contributed by atoms with Gasteiger partial charge in [-0.05, 0) is 87.0 Å². The van der Waals surface area contributed by atoms with E-state index < -0.39 is 17.6 Å². The van der Waals surface area contributed by atoms with Crippen molar-refractivity contribution in [3.63, 3.8) is 0 Å². The number of pyridine rings is 1. The first-order chi connectivity index (χ1) is 19.2. The Morgan fingerprint density at radius 2 is 2.00 bits per heavy atom. The summed E-state index contributed by atoms with van der Waals surface area (Å²) in [6.07, 6.45) is 5.38. The number of halogens is 2. The van der Waals surface area contributed by atoms with Crippen LogP contribution in [0.3, 0.4) is 0 Å². The van der Waals surface area contributed by atoms with E-state index in [1.807, 2.05) is 18.2 Å². The molecule has 1 N–H and O–H groups in total. The largest absolute Gasteiger partial charge is 0.478 e. The van der Waals surface area contributed by atoms with Gasteiger partial charge in [0.15, 0.2) is 11.5 Å². The van der Waals surface area contributed by atoms with Crippen molar-refractivity contribution in [2.45, 2.75) is 57.3 Å². The van der Waals surface area contributed by atoms with Gasteiger partial charge in [-0.1, -0.05) is 23.7 Å². The Labute approximate surface area is 237 Å². The molecule has 40 heavy (non-hydrogen) atoms. The van der Waals surface area contributed by atoms with Gasteiger partial charge in [0.2, 0.25) is 0 Å². The minimum Gasteiger partial charge on any atom is -0.478 e. The van der Waals surface area contributed by atoms with Crippen LogP contribution in [0.2, 0.25) is 5.02 Å². The number of piperidine rings is 1. The average molecular weight is 562 g/mol. The summed E-state index contributed by atoms with van der Waals surface area (Å²) in [5.74, 6) is -1.31. The van der Waals surface area contributed by atoms with Gasteiger partial charge in [-0.25, -0.2) is 9.18 Å². The zero-order valence-electron chi connectivity index (χ0n) is 22.1. The van der Waals surface area contributed by atoms with Gasteiger partial charge in [0.05, 0.1) is 28.3 Å². The van der Waals surface area contributed by atoms with Gasteiger partial charge < -0.3 is 14.6 Å². The number of aromatic carboxylic acids is 1. The van der Waals surface area contributed by atoms with Gasteiger partial charge >= 0.3 is 5.97 Å². The predicted molar refractivity (Wildman–Crippen MR) is 146 cm³/mol. The molecule has 1 aliphatic carbocycles. The summed E-state index contributed by atoms with van der Waals surface area (Å²) in [5.41, 5.74) is 2.78. The number of carbonyl (C=O) groups is 1. The number of likely N-dealkylation sites (tertiary alicyclic amines) is 1. The first-order valence-electron chi connectivity index (χ1n) is 13.5. The Bertz CT molecular complexity index is 1530. The van der Waals surface area contributed by atoms with E-state index in [1.165, 1.54) is 12.3 Å². The number of hydrogen-bond acceptors (Lipinski definition) is 6. The molecular formula is C31H29ClFN3O4. The second-order valence-electron chi connectivity index (χ2n) is 11.2. The van der Waals surface area contributed by atoms with Crippen LogP contribution in [0.15, 0.2) is 48.7 Å². The van der Waals surface area contributed by atoms with E-state index in [1.54, 1.807) is 25.1 Å². The quantitative estimate of drug-likeness (QED) is 0.354. The minimum atomic E-state index is -1.29. The lowest BCUT2D eigenvalue weighted by Crippen LogP contribution is -2.34. The number of nitriles is 1. The third kappa shape index (κ3) is 5.00. The molecular weight excluding hydrogens is 533 g/mol. The van der Waals surface area contributed by atoms with E-state index in [0.717, 1.165) is 55.6 Å². The van der Waals surface area contributed by atoms with E-state index in [9.17, 15) is 19.6 Å². The van der Waals surface area contributed by atoms with Crippen molar-refractivity contribution < 1.29 is 23.8 Å². The van der Waals surface area contributed by atoms with Crippen molar-refractivity contribution in [1.82, 2.24) is 9.88 Å². The number of fused-ring (bicyclic) bond motifs is 1. The zero-order valence-corrected chi connectivity index (χ0v) is 22.9. The standard InChI is InChI=1S/C31H29ClFN3O4/c1-30(24-6-5-22(32)14-25(24)33)39-27-4-2-3-23(28(27)40-30)19-7-11-36(12-8-19)17-26-20(15-31(18-34)9-10-31)13-21(16-35-26)29(37)38/h2-6,13-14,16,19H,7-12,15,17H2,1H3,(H,37,38)/t30-/m0/s1. The zero-order chi connectivity index (χ0) is 28.1. The van der Waals surface area contributed by atoms with Gasteiger partial charge in [-0.15, -0.1) is 0 Å². The molecule has 2 aliphatic heterocycles. The Morgan fingerprint density at radius 3 is 2.67 bits per heavy atom. The fourth-order valence-electron chi connectivity index (χ4n) is 5.85. The molecule has 0 unspecified atom stereocenters. The van der Waals surface area contributed by atoms with E-state index in [0.29, 0.717) is 29.5 Å². The smallest absolute Gasteiger partial charge is 0.337 e. The predicted octanol–water partition coefficient (Wildman–Crippen LogP) is 6.44. The molecule has 3 aliphatic rings. The van der Waals surface area contributed by atoms with Crippen LogP contribution < -0.4 is 9.47 Å². The van der Waals surface area contributed by atoms with Gasteiger partial charge in [0.25, 0.3) is 5.79 Å². The van der Waals surface area contributed by atoms with E-state index in [4.69, 9.17) is 21.1 Å². The third-order valence-corrected chi connectivity index (χ3v) is 8.59. The molecule has 9 heteroatoms. The lowest BCUT2D eigenvalue weighted by molar-refractivity contribution is -0.0712. The van der Waals surface area contributed by atoms with Crippen LogP contribution in [0.5, 0.6) is 11.5 Å². The van der Waals surface area contributed by atoms with Crippen LogP contribution in [0.4, 0.5) is 4.39 Å². The lowest BCUT2D eigenvalue weighted by Gasteiger charge is -2.33. The molecule has 0 spiro atoms. The number of nitrogens with zero attached hydrogens (tertiary/aromatic N) is 3. The molecule has 1 saturated carbocycles. The van der Waals surface area contributed by atoms with E-state index >= 15 is 0 Å². The summed E-state index contributed by atoms with van der Waals surface area (Å²) in [6.45, 7) is 3.96. The highest BCUT2D eigenvalue weighted by Crippen LogP contribution is 2.50. The molecule has 1 aromatic heterocycles. The molecule has 3 aromatic rings. The van der Waals surface area contributed by atoms with Gasteiger partial charge in [0, 0.05) is 30.3 Å². The molecule has 0 amide bonds. The number of hydrogen-bond donors (Lipinski definition) is 1. The molecule has 1 saturated heterocycles. The lowest BCUT2D eigenvalue weighted by atomic mass is 9.88. The summed E-state index contributed by atoms with van der Waals surface area (Å²) in [7, 11) is 0. The number of carboxylic acid groups (broad SMARTS) is 1. The number of carboxylic acids is 1. The fraction of sp³-hybridized carbons (Fsp3) is 0.387. The normalized spacial score (nSPS) is 21.6. The number of ether oxygens (including phenoxy) is 2. The molecule has 3 heterocycles. The third-order valence-electron chi connectivity index (χ3n) is 8.36. The first kappa shape index (κ1) is 26.5. The number of aromatic nitrogens is 1. The van der Waals surface area contributed by atoms with Crippen molar-refractivity contribution in [3.05, 3.63) is 87.4 Å². The van der Waals surface area contributed by atoms with Crippen molar-refractivity contribution in [2.24, 2.45) is 5.41 Å². The van der Waals surface area contributed by atoms with Crippen molar-refractivity contribution in [1.29, 1.82) is 5.26 Å². The summed E-state index contributed by atoms with van der Waals surface area (Å²) >= 11 is 5.95. The SMILES string of the molecule is C[C@]1(c2ccc(Cl)cc2F)Oc2cccc(C3CCN(Cc4ncc(C(=O)O)cc4CC4(C#N)CC4)CC3)c2O1. The monoisotopic (exact) mass is 561 g/mol.